The molecule has 4 heteroatoms. The first-order valence-electron chi connectivity index (χ1n) is 7.23. The van der Waals surface area contributed by atoms with Crippen molar-refractivity contribution < 1.29 is 0 Å². The molecule has 1 aromatic heterocycles. The van der Waals surface area contributed by atoms with Crippen LogP contribution in [-0.4, -0.2) is 30.6 Å². The fourth-order valence-corrected chi connectivity index (χ4v) is 3.42. The van der Waals surface area contributed by atoms with E-state index in [9.17, 15) is 0 Å². The highest BCUT2D eigenvalue weighted by molar-refractivity contribution is 7.12. The number of rotatable bonds is 6. The molecule has 1 atom stereocenters. The van der Waals surface area contributed by atoms with Gasteiger partial charge < -0.3 is 10.2 Å². The van der Waals surface area contributed by atoms with Crippen LogP contribution in [-0.2, 0) is 6.54 Å². The van der Waals surface area contributed by atoms with Crippen molar-refractivity contribution in [3.05, 3.63) is 21.9 Å². The van der Waals surface area contributed by atoms with Crippen molar-refractivity contribution in [2.24, 2.45) is 0 Å². The summed E-state index contributed by atoms with van der Waals surface area (Å²) >= 11 is 1.59. The van der Waals surface area contributed by atoms with Gasteiger partial charge in [-0.3, -0.25) is 0 Å². The maximum atomic E-state index is 8.76. The van der Waals surface area contributed by atoms with Crippen molar-refractivity contribution in [3.63, 3.8) is 0 Å². The van der Waals surface area contributed by atoms with Crippen molar-refractivity contribution in [3.8, 4) is 6.07 Å². The van der Waals surface area contributed by atoms with Gasteiger partial charge in [-0.2, -0.15) is 5.26 Å². The first-order chi connectivity index (χ1) is 9.29. The van der Waals surface area contributed by atoms with Crippen LogP contribution < -0.4 is 5.32 Å². The molecule has 2 rings (SSSR count). The van der Waals surface area contributed by atoms with E-state index in [1.807, 2.05) is 12.1 Å². The highest BCUT2D eigenvalue weighted by Gasteiger charge is 2.16. The Bertz CT molecular complexity index is 421. The molecule has 19 heavy (non-hydrogen) atoms. The molecule has 1 N–H and O–H groups in total. The molecule has 1 unspecified atom stereocenters. The van der Waals surface area contributed by atoms with Gasteiger partial charge in [-0.25, -0.2) is 0 Å². The normalized spacial score (nSPS) is 20.3. The fraction of sp³-hybridized carbons (Fsp3) is 0.667. The lowest BCUT2D eigenvalue weighted by Gasteiger charge is -2.33. The number of nitriles is 1. The number of thiophene rings is 1. The summed E-state index contributed by atoms with van der Waals surface area (Å²) in [6.07, 6.45) is 5.33. The molecule has 3 nitrogen and oxygen atoms in total. The zero-order valence-electron chi connectivity index (χ0n) is 11.7. The van der Waals surface area contributed by atoms with Crippen LogP contribution in [0, 0.1) is 11.3 Å². The fourth-order valence-electron chi connectivity index (χ4n) is 2.64. The summed E-state index contributed by atoms with van der Waals surface area (Å²) in [5.41, 5.74) is 0. The summed E-state index contributed by atoms with van der Waals surface area (Å²) < 4.78 is 0. The molecule has 0 aromatic carbocycles. The van der Waals surface area contributed by atoms with E-state index in [0.29, 0.717) is 0 Å². The maximum Gasteiger partial charge on any atom is 0.110 e. The average Bonchev–Trinajstić information content (AvgIpc) is 2.88. The standard InChI is InChI=1S/C15H23N3S/c1-13-5-2-3-9-18(13)10-4-8-17-12-15-7-6-14(11-16)19-15/h6-7,13,17H,2-5,8-10,12H2,1H3. The van der Waals surface area contributed by atoms with E-state index in [4.69, 9.17) is 5.26 Å². The second kappa shape index (κ2) is 7.64. The van der Waals surface area contributed by atoms with Gasteiger partial charge in [-0.1, -0.05) is 6.42 Å². The van der Waals surface area contributed by atoms with E-state index < -0.39 is 0 Å². The van der Waals surface area contributed by atoms with Gasteiger partial charge in [0.05, 0.1) is 0 Å². The van der Waals surface area contributed by atoms with Crippen molar-refractivity contribution in [2.75, 3.05) is 19.6 Å². The Kier molecular flexibility index (Phi) is 5.84. The van der Waals surface area contributed by atoms with Gasteiger partial charge in [0.2, 0.25) is 0 Å². The zero-order valence-corrected chi connectivity index (χ0v) is 12.5. The van der Waals surface area contributed by atoms with Crippen LogP contribution in [0.15, 0.2) is 12.1 Å². The van der Waals surface area contributed by atoms with Gasteiger partial charge in [0.15, 0.2) is 0 Å². The third kappa shape index (κ3) is 4.61. The Morgan fingerprint density at radius 1 is 1.47 bits per heavy atom. The summed E-state index contributed by atoms with van der Waals surface area (Å²) in [6, 6.07) is 6.89. The number of hydrogen-bond acceptors (Lipinski definition) is 4. The minimum atomic E-state index is 0.768. The lowest BCUT2D eigenvalue weighted by Crippen LogP contribution is -2.38. The van der Waals surface area contributed by atoms with Crippen molar-refractivity contribution >= 4 is 11.3 Å². The van der Waals surface area contributed by atoms with Crippen LogP contribution in [0.2, 0.25) is 0 Å². The molecule has 1 aliphatic rings. The molecule has 1 saturated heterocycles. The smallest absolute Gasteiger partial charge is 0.110 e. The number of nitrogens with one attached hydrogen (secondary N) is 1. The van der Waals surface area contributed by atoms with E-state index >= 15 is 0 Å². The molecule has 2 heterocycles. The van der Waals surface area contributed by atoms with E-state index in [0.717, 1.165) is 24.0 Å². The summed E-state index contributed by atoms with van der Waals surface area (Å²) in [5, 5.41) is 12.2. The zero-order chi connectivity index (χ0) is 13.5. The predicted molar refractivity (Wildman–Crippen MR) is 80.2 cm³/mol. The maximum absolute atomic E-state index is 8.76. The monoisotopic (exact) mass is 277 g/mol. The van der Waals surface area contributed by atoms with Gasteiger partial charge in [0.1, 0.15) is 10.9 Å². The highest BCUT2D eigenvalue weighted by atomic mass is 32.1. The summed E-state index contributed by atoms with van der Waals surface area (Å²) in [4.78, 5) is 4.67. The van der Waals surface area contributed by atoms with E-state index in [2.05, 4.69) is 23.2 Å². The molecule has 0 aliphatic carbocycles. The van der Waals surface area contributed by atoms with Crippen LogP contribution in [0.5, 0.6) is 0 Å². The first kappa shape index (κ1) is 14.5. The van der Waals surface area contributed by atoms with Crippen LogP contribution in [0.1, 0.15) is 42.4 Å². The summed E-state index contributed by atoms with van der Waals surface area (Å²) in [6.45, 7) is 6.78. The quantitative estimate of drug-likeness (QED) is 0.813. The SMILES string of the molecule is CC1CCCCN1CCCNCc1ccc(C#N)s1. The molecule has 104 valence electrons. The summed E-state index contributed by atoms with van der Waals surface area (Å²) in [7, 11) is 0. The number of hydrogen-bond donors (Lipinski definition) is 1. The van der Waals surface area contributed by atoms with Crippen LogP contribution in [0.25, 0.3) is 0 Å². The van der Waals surface area contributed by atoms with Crippen LogP contribution in [0.4, 0.5) is 0 Å². The van der Waals surface area contributed by atoms with Crippen molar-refractivity contribution in [1.29, 1.82) is 5.26 Å². The molecule has 1 aliphatic heterocycles. The van der Waals surface area contributed by atoms with E-state index in [1.165, 1.54) is 43.6 Å². The summed E-state index contributed by atoms with van der Waals surface area (Å²) in [5.74, 6) is 0. The number of likely N-dealkylation sites (tertiary alicyclic amines) is 1. The third-order valence-corrected chi connectivity index (χ3v) is 4.80. The van der Waals surface area contributed by atoms with Gasteiger partial charge >= 0.3 is 0 Å². The third-order valence-electron chi connectivity index (χ3n) is 3.81. The predicted octanol–water partition coefficient (Wildman–Crippen LogP) is 2.97. The Morgan fingerprint density at radius 2 is 2.37 bits per heavy atom. The molecule has 0 saturated carbocycles. The lowest BCUT2D eigenvalue weighted by molar-refractivity contribution is 0.159. The molecular weight excluding hydrogens is 254 g/mol. The van der Waals surface area contributed by atoms with Gasteiger partial charge in [0, 0.05) is 17.5 Å². The second-order valence-corrected chi connectivity index (χ2v) is 6.46. The number of nitrogens with zero attached hydrogens (tertiary/aromatic N) is 2. The van der Waals surface area contributed by atoms with Crippen LogP contribution in [0.3, 0.4) is 0 Å². The van der Waals surface area contributed by atoms with Gasteiger partial charge in [-0.15, -0.1) is 11.3 Å². The Morgan fingerprint density at radius 3 is 3.11 bits per heavy atom. The topological polar surface area (TPSA) is 39.1 Å². The largest absolute Gasteiger partial charge is 0.312 e. The molecule has 0 bridgehead atoms. The minimum Gasteiger partial charge on any atom is -0.312 e. The van der Waals surface area contributed by atoms with Crippen molar-refractivity contribution in [2.45, 2.75) is 45.2 Å². The van der Waals surface area contributed by atoms with Crippen molar-refractivity contribution in [1.82, 2.24) is 10.2 Å². The first-order valence-corrected chi connectivity index (χ1v) is 8.05. The molecule has 0 amide bonds. The minimum absolute atomic E-state index is 0.768. The Labute approximate surface area is 120 Å². The van der Waals surface area contributed by atoms with Gasteiger partial charge in [-0.05, 0) is 58.0 Å². The lowest BCUT2D eigenvalue weighted by atomic mass is 10.0. The highest BCUT2D eigenvalue weighted by Crippen LogP contribution is 2.16. The molecular formula is C15H23N3S. The molecule has 1 fully saturated rings. The Balaban J connectivity index is 1.58. The van der Waals surface area contributed by atoms with E-state index in [-0.39, 0.29) is 0 Å². The molecule has 0 radical (unpaired) electrons. The second-order valence-electron chi connectivity index (χ2n) is 5.29. The number of piperidine rings is 1. The average molecular weight is 277 g/mol. The molecule has 0 spiro atoms. The van der Waals surface area contributed by atoms with E-state index in [1.54, 1.807) is 11.3 Å². The Hall–Kier alpha value is -0.890. The van der Waals surface area contributed by atoms with Crippen LogP contribution >= 0.6 is 11.3 Å². The molecule has 1 aromatic rings. The van der Waals surface area contributed by atoms with Gasteiger partial charge in [0.25, 0.3) is 0 Å².